The number of anilines is 1. The number of hydrogen-bond acceptors (Lipinski definition) is 4. The van der Waals surface area contributed by atoms with Crippen LogP contribution in [0.15, 0.2) is 53.3 Å². The molecule has 2 N–H and O–H groups in total. The normalized spacial score (nSPS) is 11.0. The number of aromatic amines is 1. The predicted molar refractivity (Wildman–Crippen MR) is 105 cm³/mol. The minimum atomic E-state index is -0.299. The highest BCUT2D eigenvalue weighted by Crippen LogP contribution is 2.14. The van der Waals surface area contributed by atoms with Crippen molar-refractivity contribution in [1.29, 1.82) is 0 Å². The van der Waals surface area contributed by atoms with Gasteiger partial charge in [0.05, 0.1) is 5.69 Å². The van der Waals surface area contributed by atoms with Gasteiger partial charge in [-0.15, -0.1) is 0 Å². The third kappa shape index (κ3) is 4.78. The molecule has 7 heteroatoms. The third-order valence-corrected chi connectivity index (χ3v) is 3.80. The largest absolute Gasteiger partial charge is 0.307 e. The van der Waals surface area contributed by atoms with Crippen LogP contribution in [0.1, 0.15) is 30.3 Å². The Kier molecular flexibility index (Phi) is 5.61. The fourth-order valence-corrected chi connectivity index (χ4v) is 2.63. The first-order chi connectivity index (χ1) is 13.0. The highest BCUT2D eigenvalue weighted by molar-refractivity contribution is 6.01. The summed E-state index contributed by atoms with van der Waals surface area (Å²) < 4.78 is 1.43. The van der Waals surface area contributed by atoms with Crippen LogP contribution in [0.5, 0.6) is 0 Å². The lowest BCUT2D eigenvalue weighted by Gasteiger charge is -2.08. The van der Waals surface area contributed by atoms with E-state index in [1.807, 2.05) is 37.3 Å². The summed E-state index contributed by atoms with van der Waals surface area (Å²) in [7, 11) is 0. The van der Waals surface area contributed by atoms with Crippen LogP contribution in [0.4, 0.5) is 5.82 Å². The predicted octanol–water partition coefficient (Wildman–Crippen LogP) is 2.87. The lowest BCUT2D eigenvalue weighted by molar-refractivity contribution is -0.111. The molecule has 0 radical (unpaired) electrons. The van der Waals surface area contributed by atoms with Gasteiger partial charge in [-0.05, 0) is 25.0 Å². The number of carbonyl (C=O) groups is 1. The quantitative estimate of drug-likeness (QED) is 0.659. The Balaban J connectivity index is 1.85. The number of carbonyl (C=O) groups excluding carboxylic acids is 1. The zero-order valence-corrected chi connectivity index (χ0v) is 15.3. The van der Waals surface area contributed by atoms with Crippen molar-refractivity contribution in [3.63, 3.8) is 0 Å². The average molecular weight is 363 g/mol. The summed E-state index contributed by atoms with van der Waals surface area (Å²) in [4.78, 5) is 31.3. The second kappa shape index (κ2) is 8.27. The van der Waals surface area contributed by atoms with E-state index in [4.69, 9.17) is 0 Å². The Morgan fingerprint density at radius 1 is 1.26 bits per heavy atom. The molecule has 0 aliphatic carbocycles. The van der Waals surface area contributed by atoms with Gasteiger partial charge in [0.2, 0.25) is 11.9 Å². The van der Waals surface area contributed by atoms with Gasteiger partial charge in [-0.25, -0.2) is 4.98 Å². The first-order valence-corrected chi connectivity index (χ1v) is 8.76. The average Bonchev–Trinajstić information content (AvgIpc) is 3.01. The molecule has 0 unspecified atom stereocenters. The van der Waals surface area contributed by atoms with E-state index < -0.39 is 0 Å². The van der Waals surface area contributed by atoms with Gasteiger partial charge >= 0.3 is 0 Å². The van der Waals surface area contributed by atoms with Gasteiger partial charge in [0, 0.05) is 23.9 Å². The van der Waals surface area contributed by atoms with Gasteiger partial charge in [-0.3, -0.25) is 14.6 Å². The zero-order valence-electron chi connectivity index (χ0n) is 15.3. The molecular formula is C20H21N5O2. The Labute approximate surface area is 156 Å². The van der Waals surface area contributed by atoms with Gasteiger partial charge in [0.1, 0.15) is 5.82 Å². The molecule has 138 valence electrons. The number of amides is 1. The zero-order chi connectivity index (χ0) is 19.2. The van der Waals surface area contributed by atoms with Crippen LogP contribution in [0.25, 0.3) is 12.0 Å². The Morgan fingerprint density at radius 2 is 2.04 bits per heavy atom. The number of nitrogens with zero attached hydrogens (tertiary/aromatic N) is 3. The van der Waals surface area contributed by atoms with E-state index in [1.165, 1.54) is 16.8 Å². The number of nitrogens with one attached hydrogen (secondary N) is 2. The second-order valence-corrected chi connectivity index (χ2v) is 6.13. The summed E-state index contributed by atoms with van der Waals surface area (Å²) in [5, 5.41) is 7.12. The first-order valence-electron chi connectivity index (χ1n) is 8.76. The molecule has 1 amide bonds. The van der Waals surface area contributed by atoms with E-state index in [9.17, 15) is 9.59 Å². The first kappa shape index (κ1) is 18.3. The van der Waals surface area contributed by atoms with E-state index in [0.717, 1.165) is 12.0 Å². The van der Waals surface area contributed by atoms with Gasteiger partial charge in [0.15, 0.2) is 0 Å². The van der Waals surface area contributed by atoms with Crippen molar-refractivity contribution in [2.24, 2.45) is 0 Å². The van der Waals surface area contributed by atoms with Crippen LogP contribution in [-0.4, -0.2) is 25.7 Å². The van der Waals surface area contributed by atoms with Crippen LogP contribution in [0, 0.1) is 6.92 Å². The SMILES string of the molecule is CCCc1cc(=O)[nH]c(-n2nc(C)cc2NC(=O)/C=C/c2ccccc2)n1. The standard InChI is InChI=1S/C20H21N5O2/c1-3-7-16-13-19(27)23-20(21-16)25-17(12-14(2)24-25)22-18(26)11-10-15-8-5-4-6-9-15/h4-6,8-13H,3,7H2,1-2H3,(H,22,26)(H,21,23,27)/b11-10+. The molecule has 0 atom stereocenters. The molecular weight excluding hydrogens is 342 g/mol. The molecule has 0 saturated heterocycles. The highest BCUT2D eigenvalue weighted by Gasteiger charge is 2.12. The minimum Gasteiger partial charge on any atom is -0.307 e. The molecule has 0 saturated carbocycles. The lowest BCUT2D eigenvalue weighted by atomic mass is 10.2. The van der Waals surface area contributed by atoms with Crippen molar-refractivity contribution in [1.82, 2.24) is 19.7 Å². The van der Waals surface area contributed by atoms with E-state index in [2.05, 4.69) is 20.4 Å². The van der Waals surface area contributed by atoms with Crippen LogP contribution < -0.4 is 10.9 Å². The fourth-order valence-electron chi connectivity index (χ4n) is 2.63. The second-order valence-electron chi connectivity index (χ2n) is 6.13. The van der Waals surface area contributed by atoms with E-state index >= 15 is 0 Å². The summed E-state index contributed by atoms with van der Waals surface area (Å²) >= 11 is 0. The van der Waals surface area contributed by atoms with Gasteiger partial charge in [0.25, 0.3) is 5.56 Å². The van der Waals surface area contributed by atoms with Crippen LogP contribution in [-0.2, 0) is 11.2 Å². The van der Waals surface area contributed by atoms with Gasteiger partial charge in [-0.1, -0.05) is 43.7 Å². The van der Waals surface area contributed by atoms with Crippen LogP contribution in [0.2, 0.25) is 0 Å². The number of rotatable bonds is 6. The van der Waals surface area contributed by atoms with E-state index in [0.29, 0.717) is 23.6 Å². The van der Waals surface area contributed by atoms with Crippen LogP contribution in [0.3, 0.4) is 0 Å². The van der Waals surface area contributed by atoms with Gasteiger partial charge in [-0.2, -0.15) is 9.78 Å². The number of benzene rings is 1. The van der Waals surface area contributed by atoms with Crippen molar-refractivity contribution >= 4 is 17.8 Å². The molecule has 0 fully saturated rings. The minimum absolute atomic E-state index is 0.252. The van der Waals surface area contributed by atoms with Crippen molar-refractivity contribution in [3.05, 3.63) is 75.8 Å². The Bertz CT molecular complexity index is 1020. The number of aryl methyl sites for hydroxylation is 2. The molecule has 0 bridgehead atoms. The maximum absolute atomic E-state index is 12.3. The molecule has 3 rings (SSSR count). The molecule has 1 aromatic carbocycles. The maximum Gasteiger partial charge on any atom is 0.252 e. The molecule has 7 nitrogen and oxygen atoms in total. The Morgan fingerprint density at radius 3 is 2.78 bits per heavy atom. The topological polar surface area (TPSA) is 92.7 Å². The Hall–Kier alpha value is -3.48. The summed E-state index contributed by atoms with van der Waals surface area (Å²) in [6.07, 6.45) is 4.75. The molecule has 0 aliphatic heterocycles. The van der Waals surface area contributed by atoms with Crippen molar-refractivity contribution in [2.75, 3.05) is 5.32 Å². The molecule has 2 heterocycles. The van der Waals surface area contributed by atoms with E-state index in [1.54, 1.807) is 19.1 Å². The molecule has 2 aromatic heterocycles. The summed E-state index contributed by atoms with van der Waals surface area (Å²) in [6.45, 7) is 3.82. The van der Waals surface area contributed by atoms with Crippen LogP contribution >= 0.6 is 0 Å². The maximum atomic E-state index is 12.3. The number of H-pyrrole nitrogens is 1. The van der Waals surface area contributed by atoms with E-state index in [-0.39, 0.29) is 17.4 Å². The summed E-state index contributed by atoms with van der Waals surface area (Å²) in [5.74, 6) is 0.417. The lowest BCUT2D eigenvalue weighted by Crippen LogP contribution is -2.18. The molecule has 0 aliphatic rings. The number of hydrogen-bond donors (Lipinski definition) is 2. The van der Waals surface area contributed by atoms with Gasteiger partial charge < -0.3 is 5.32 Å². The number of aromatic nitrogens is 4. The van der Waals surface area contributed by atoms with Crippen molar-refractivity contribution < 1.29 is 4.79 Å². The van der Waals surface area contributed by atoms with Crippen molar-refractivity contribution in [2.45, 2.75) is 26.7 Å². The smallest absolute Gasteiger partial charge is 0.252 e. The molecule has 27 heavy (non-hydrogen) atoms. The van der Waals surface area contributed by atoms with Crippen molar-refractivity contribution in [3.8, 4) is 5.95 Å². The summed E-state index contributed by atoms with van der Waals surface area (Å²) in [5.41, 5.74) is 2.06. The monoisotopic (exact) mass is 363 g/mol. The molecule has 3 aromatic rings. The molecule has 0 spiro atoms. The third-order valence-electron chi connectivity index (χ3n) is 3.80. The summed E-state index contributed by atoms with van der Waals surface area (Å²) in [6, 6.07) is 12.7. The highest BCUT2D eigenvalue weighted by atomic mass is 16.1. The fraction of sp³-hybridized carbons (Fsp3) is 0.200.